The molecule has 0 radical (unpaired) electrons. The van der Waals surface area contributed by atoms with Gasteiger partial charge in [0, 0.05) is 41.6 Å². The van der Waals surface area contributed by atoms with Crippen LogP contribution in [0.1, 0.15) is 37.3 Å². The molecule has 3 heterocycles. The standard InChI is InChI=1S/C20H21N5O/c26-18-8-5-14-12-22-20(24-19(14)25(18)16-3-1-2-4-16)23-15-6-7-17-13(11-15)9-10-21-17/h5-8,11-12,16,21H,1-4,9-10H2,(H,22,23,24). The van der Waals surface area contributed by atoms with Crippen molar-refractivity contribution in [3.8, 4) is 0 Å². The molecule has 1 saturated carbocycles. The van der Waals surface area contributed by atoms with E-state index < -0.39 is 0 Å². The number of aromatic nitrogens is 3. The lowest BCUT2D eigenvalue weighted by atomic mass is 10.1. The molecule has 0 saturated heterocycles. The monoisotopic (exact) mass is 347 g/mol. The first-order valence-electron chi connectivity index (χ1n) is 9.30. The number of anilines is 3. The molecular weight excluding hydrogens is 326 g/mol. The second-order valence-electron chi connectivity index (χ2n) is 7.13. The van der Waals surface area contributed by atoms with Crippen molar-refractivity contribution in [1.82, 2.24) is 14.5 Å². The summed E-state index contributed by atoms with van der Waals surface area (Å²) in [5.74, 6) is 0.528. The predicted octanol–water partition coefficient (Wildman–Crippen LogP) is 3.62. The summed E-state index contributed by atoms with van der Waals surface area (Å²) in [5, 5.41) is 7.56. The zero-order valence-corrected chi connectivity index (χ0v) is 14.5. The first kappa shape index (κ1) is 15.4. The van der Waals surface area contributed by atoms with Gasteiger partial charge in [-0.3, -0.25) is 9.36 Å². The highest BCUT2D eigenvalue weighted by atomic mass is 16.1. The maximum absolute atomic E-state index is 12.5. The van der Waals surface area contributed by atoms with Crippen LogP contribution in [0.4, 0.5) is 17.3 Å². The van der Waals surface area contributed by atoms with Gasteiger partial charge in [0.25, 0.3) is 5.56 Å². The zero-order valence-electron chi connectivity index (χ0n) is 14.5. The first-order chi connectivity index (χ1) is 12.8. The molecule has 132 valence electrons. The van der Waals surface area contributed by atoms with E-state index in [0.717, 1.165) is 42.5 Å². The molecular formula is C20H21N5O. The molecule has 2 N–H and O–H groups in total. The number of nitrogens with one attached hydrogen (secondary N) is 2. The molecule has 0 bridgehead atoms. The van der Waals surface area contributed by atoms with Crippen molar-refractivity contribution in [1.29, 1.82) is 0 Å². The summed E-state index contributed by atoms with van der Waals surface area (Å²) >= 11 is 0. The zero-order chi connectivity index (χ0) is 17.5. The lowest BCUT2D eigenvalue weighted by molar-refractivity contribution is 0.516. The average molecular weight is 347 g/mol. The molecule has 1 aliphatic heterocycles. The number of benzene rings is 1. The molecule has 5 rings (SSSR count). The van der Waals surface area contributed by atoms with E-state index in [4.69, 9.17) is 4.98 Å². The molecule has 26 heavy (non-hydrogen) atoms. The Morgan fingerprint density at radius 1 is 1.15 bits per heavy atom. The Morgan fingerprint density at radius 3 is 2.92 bits per heavy atom. The first-order valence-corrected chi connectivity index (χ1v) is 9.30. The van der Waals surface area contributed by atoms with Gasteiger partial charge in [0.1, 0.15) is 5.65 Å². The van der Waals surface area contributed by atoms with Crippen molar-refractivity contribution in [2.45, 2.75) is 38.1 Å². The Balaban J connectivity index is 1.54. The van der Waals surface area contributed by atoms with E-state index in [2.05, 4.69) is 27.8 Å². The van der Waals surface area contributed by atoms with Gasteiger partial charge in [0.05, 0.1) is 0 Å². The van der Waals surface area contributed by atoms with E-state index in [1.54, 1.807) is 12.3 Å². The Kier molecular flexibility index (Phi) is 3.62. The lowest BCUT2D eigenvalue weighted by Gasteiger charge is -2.16. The molecule has 2 aromatic heterocycles. The third kappa shape index (κ3) is 2.62. The summed E-state index contributed by atoms with van der Waals surface area (Å²) in [6.45, 7) is 0.985. The van der Waals surface area contributed by atoms with Crippen LogP contribution in [0.5, 0.6) is 0 Å². The number of hydrogen-bond acceptors (Lipinski definition) is 5. The van der Waals surface area contributed by atoms with Crippen LogP contribution in [0.15, 0.2) is 41.3 Å². The van der Waals surface area contributed by atoms with Gasteiger partial charge in [-0.15, -0.1) is 0 Å². The molecule has 6 nitrogen and oxygen atoms in total. The minimum atomic E-state index is 0.0256. The van der Waals surface area contributed by atoms with E-state index in [1.165, 1.54) is 24.1 Å². The van der Waals surface area contributed by atoms with Gasteiger partial charge in [-0.25, -0.2) is 4.98 Å². The van der Waals surface area contributed by atoms with Gasteiger partial charge in [0.2, 0.25) is 5.95 Å². The maximum atomic E-state index is 12.5. The smallest absolute Gasteiger partial charge is 0.252 e. The summed E-state index contributed by atoms with van der Waals surface area (Å²) in [5.41, 5.74) is 4.23. The van der Waals surface area contributed by atoms with E-state index in [-0.39, 0.29) is 11.6 Å². The Bertz CT molecular complexity index is 1040. The highest BCUT2D eigenvalue weighted by Crippen LogP contribution is 2.31. The van der Waals surface area contributed by atoms with Gasteiger partial charge in [-0.05, 0) is 49.1 Å². The summed E-state index contributed by atoms with van der Waals surface area (Å²) in [4.78, 5) is 21.6. The van der Waals surface area contributed by atoms with Crippen molar-refractivity contribution in [2.75, 3.05) is 17.2 Å². The topological polar surface area (TPSA) is 71.8 Å². The van der Waals surface area contributed by atoms with Crippen LogP contribution in [0.25, 0.3) is 11.0 Å². The molecule has 1 fully saturated rings. The van der Waals surface area contributed by atoms with E-state index in [0.29, 0.717) is 5.95 Å². The highest BCUT2D eigenvalue weighted by molar-refractivity contribution is 5.76. The molecule has 0 spiro atoms. The molecule has 0 unspecified atom stereocenters. The van der Waals surface area contributed by atoms with Crippen molar-refractivity contribution >= 4 is 28.4 Å². The number of pyridine rings is 1. The normalized spacial score (nSPS) is 16.6. The quantitative estimate of drug-likeness (QED) is 0.757. The van der Waals surface area contributed by atoms with Crippen molar-refractivity contribution < 1.29 is 0 Å². The van der Waals surface area contributed by atoms with Gasteiger partial charge >= 0.3 is 0 Å². The van der Waals surface area contributed by atoms with E-state index in [1.807, 2.05) is 16.7 Å². The molecule has 6 heteroatoms. The third-order valence-electron chi connectivity index (χ3n) is 5.43. The summed E-state index contributed by atoms with van der Waals surface area (Å²) in [6.07, 6.45) is 7.27. The van der Waals surface area contributed by atoms with Gasteiger partial charge in [0.15, 0.2) is 0 Å². The fourth-order valence-electron chi connectivity index (χ4n) is 4.13. The second-order valence-corrected chi connectivity index (χ2v) is 7.13. The predicted molar refractivity (Wildman–Crippen MR) is 103 cm³/mol. The SMILES string of the molecule is O=c1ccc2cnc(Nc3ccc4c(c3)CCN4)nc2n1C1CCCC1. The molecule has 0 amide bonds. The molecule has 2 aliphatic rings. The highest BCUT2D eigenvalue weighted by Gasteiger charge is 2.20. The van der Waals surface area contributed by atoms with Gasteiger partial charge in [-0.1, -0.05) is 12.8 Å². The Morgan fingerprint density at radius 2 is 2.04 bits per heavy atom. The molecule has 1 aliphatic carbocycles. The summed E-state index contributed by atoms with van der Waals surface area (Å²) in [7, 11) is 0. The van der Waals surface area contributed by atoms with Crippen LogP contribution >= 0.6 is 0 Å². The minimum Gasteiger partial charge on any atom is -0.384 e. The van der Waals surface area contributed by atoms with Crippen LogP contribution in [0, 0.1) is 0 Å². The van der Waals surface area contributed by atoms with E-state index in [9.17, 15) is 4.79 Å². The number of rotatable bonds is 3. The van der Waals surface area contributed by atoms with Crippen molar-refractivity contribution in [3.05, 3.63) is 52.4 Å². The van der Waals surface area contributed by atoms with Crippen molar-refractivity contribution in [2.24, 2.45) is 0 Å². The largest absolute Gasteiger partial charge is 0.384 e. The number of fused-ring (bicyclic) bond motifs is 2. The number of nitrogens with zero attached hydrogens (tertiary/aromatic N) is 3. The minimum absolute atomic E-state index is 0.0256. The summed E-state index contributed by atoms with van der Waals surface area (Å²) in [6, 6.07) is 9.94. The van der Waals surface area contributed by atoms with E-state index >= 15 is 0 Å². The van der Waals surface area contributed by atoms with Gasteiger partial charge < -0.3 is 10.6 Å². The molecule has 3 aromatic rings. The van der Waals surface area contributed by atoms with Crippen LogP contribution in [0.3, 0.4) is 0 Å². The fourth-order valence-corrected chi connectivity index (χ4v) is 4.13. The van der Waals surface area contributed by atoms with Crippen LogP contribution in [0.2, 0.25) is 0 Å². The average Bonchev–Trinajstić information content (AvgIpc) is 3.32. The van der Waals surface area contributed by atoms with Crippen LogP contribution < -0.4 is 16.2 Å². The lowest BCUT2D eigenvalue weighted by Crippen LogP contribution is -2.23. The molecule has 0 atom stereocenters. The fraction of sp³-hybridized carbons (Fsp3) is 0.350. The molecule has 1 aromatic carbocycles. The second kappa shape index (κ2) is 6.12. The van der Waals surface area contributed by atoms with Crippen LogP contribution in [-0.2, 0) is 6.42 Å². The van der Waals surface area contributed by atoms with Crippen molar-refractivity contribution in [3.63, 3.8) is 0 Å². The van der Waals surface area contributed by atoms with Crippen LogP contribution in [-0.4, -0.2) is 21.1 Å². The summed E-state index contributed by atoms with van der Waals surface area (Å²) < 4.78 is 1.86. The van der Waals surface area contributed by atoms with Gasteiger partial charge in [-0.2, -0.15) is 4.98 Å². The Labute approximate surface area is 151 Å². The maximum Gasteiger partial charge on any atom is 0.252 e. The number of hydrogen-bond donors (Lipinski definition) is 2. The third-order valence-corrected chi connectivity index (χ3v) is 5.43. The Hall–Kier alpha value is -2.89.